The number of aromatic nitrogens is 4. The van der Waals surface area contributed by atoms with Crippen molar-refractivity contribution in [2.45, 2.75) is 0 Å². The van der Waals surface area contributed by atoms with Crippen LogP contribution in [0.25, 0.3) is 11.2 Å². The second-order valence-corrected chi connectivity index (χ2v) is 4.84. The van der Waals surface area contributed by atoms with Crippen LogP contribution in [0.5, 0.6) is 0 Å². The summed E-state index contributed by atoms with van der Waals surface area (Å²) in [6.07, 6.45) is 0. The van der Waals surface area contributed by atoms with Crippen molar-refractivity contribution in [3.63, 3.8) is 0 Å². The standard InChI is InChI=1S/C12H11ClN8O2/c13-6-1-3-7(4-2-6)15-5-8(22)18-19-10-9-11(21-23-20-9)17-12(14)16-10/h1-4,15H,5H2,(H,18,22)(H3,14,16,17,19,21). The molecule has 23 heavy (non-hydrogen) atoms. The van der Waals surface area contributed by atoms with E-state index in [2.05, 4.69) is 41.1 Å². The Hall–Kier alpha value is -3.14. The molecule has 5 N–H and O–H groups in total. The quantitative estimate of drug-likeness (QED) is 0.498. The van der Waals surface area contributed by atoms with Gasteiger partial charge in [0, 0.05) is 10.7 Å². The maximum atomic E-state index is 11.8. The number of nitrogens with one attached hydrogen (secondary N) is 3. The molecule has 1 amide bonds. The Morgan fingerprint density at radius 1 is 1.22 bits per heavy atom. The lowest BCUT2D eigenvalue weighted by molar-refractivity contribution is -0.118. The van der Waals surface area contributed by atoms with Gasteiger partial charge in [0.2, 0.25) is 11.6 Å². The molecule has 2 aromatic heterocycles. The van der Waals surface area contributed by atoms with E-state index in [-0.39, 0.29) is 35.4 Å². The highest BCUT2D eigenvalue weighted by Crippen LogP contribution is 2.16. The molecular formula is C12H11ClN8O2. The van der Waals surface area contributed by atoms with Crippen molar-refractivity contribution < 1.29 is 9.42 Å². The first kappa shape index (κ1) is 14.8. The summed E-state index contributed by atoms with van der Waals surface area (Å²) in [5, 5.41) is 10.7. The zero-order valence-electron chi connectivity index (χ0n) is 11.6. The van der Waals surface area contributed by atoms with Crippen LogP contribution in [0.2, 0.25) is 5.02 Å². The van der Waals surface area contributed by atoms with E-state index in [4.69, 9.17) is 17.3 Å². The zero-order chi connectivity index (χ0) is 16.2. The number of hydrazine groups is 1. The molecule has 0 spiro atoms. The minimum absolute atomic E-state index is 0.0239. The first-order valence-corrected chi connectivity index (χ1v) is 6.80. The number of carbonyl (C=O) groups excluding carboxylic acids is 1. The number of benzene rings is 1. The van der Waals surface area contributed by atoms with Gasteiger partial charge in [-0.3, -0.25) is 15.6 Å². The fourth-order valence-electron chi connectivity index (χ4n) is 1.72. The number of hydrogen-bond acceptors (Lipinski definition) is 9. The first-order valence-electron chi connectivity index (χ1n) is 6.42. The number of nitrogen functional groups attached to an aromatic ring is 1. The molecule has 10 nitrogen and oxygen atoms in total. The van der Waals surface area contributed by atoms with Crippen molar-refractivity contribution in [3.05, 3.63) is 29.3 Å². The van der Waals surface area contributed by atoms with Gasteiger partial charge in [-0.15, -0.1) is 0 Å². The van der Waals surface area contributed by atoms with E-state index in [1.807, 2.05) is 0 Å². The van der Waals surface area contributed by atoms with Gasteiger partial charge in [-0.25, -0.2) is 4.63 Å². The lowest BCUT2D eigenvalue weighted by Crippen LogP contribution is -2.34. The summed E-state index contributed by atoms with van der Waals surface area (Å²) < 4.78 is 4.55. The van der Waals surface area contributed by atoms with E-state index in [1.165, 1.54) is 0 Å². The number of nitrogens with zero attached hydrogens (tertiary/aromatic N) is 4. The summed E-state index contributed by atoms with van der Waals surface area (Å²) in [4.78, 5) is 19.6. The van der Waals surface area contributed by atoms with Crippen molar-refractivity contribution in [2.24, 2.45) is 0 Å². The van der Waals surface area contributed by atoms with Crippen LogP contribution in [0, 0.1) is 0 Å². The van der Waals surface area contributed by atoms with Crippen LogP contribution < -0.4 is 21.9 Å². The van der Waals surface area contributed by atoms with Crippen LogP contribution in [-0.4, -0.2) is 32.7 Å². The average molecular weight is 335 g/mol. The third-order valence-corrected chi connectivity index (χ3v) is 3.01. The summed E-state index contributed by atoms with van der Waals surface area (Å²) in [5.74, 6) is -0.167. The molecule has 1 aromatic carbocycles. The summed E-state index contributed by atoms with van der Waals surface area (Å²) in [7, 11) is 0. The molecule has 0 aliphatic carbocycles. The van der Waals surface area contributed by atoms with Gasteiger partial charge in [-0.2, -0.15) is 9.97 Å². The monoisotopic (exact) mass is 334 g/mol. The fourth-order valence-corrected chi connectivity index (χ4v) is 1.84. The highest BCUT2D eigenvalue weighted by molar-refractivity contribution is 6.30. The van der Waals surface area contributed by atoms with E-state index in [1.54, 1.807) is 24.3 Å². The van der Waals surface area contributed by atoms with Crippen molar-refractivity contribution in [1.82, 2.24) is 25.7 Å². The van der Waals surface area contributed by atoms with E-state index >= 15 is 0 Å². The van der Waals surface area contributed by atoms with Crippen LogP contribution in [-0.2, 0) is 4.79 Å². The number of carbonyl (C=O) groups is 1. The maximum absolute atomic E-state index is 11.8. The molecule has 0 saturated carbocycles. The Labute approximate surface area is 134 Å². The van der Waals surface area contributed by atoms with Crippen LogP contribution in [0.1, 0.15) is 0 Å². The average Bonchev–Trinajstić information content (AvgIpc) is 3.00. The topological polar surface area (TPSA) is 144 Å². The normalized spacial score (nSPS) is 10.5. The number of fused-ring (bicyclic) bond motifs is 1. The van der Waals surface area contributed by atoms with Gasteiger partial charge >= 0.3 is 0 Å². The molecule has 118 valence electrons. The van der Waals surface area contributed by atoms with E-state index in [0.717, 1.165) is 5.69 Å². The lowest BCUT2D eigenvalue weighted by Gasteiger charge is -2.09. The molecule has 0 atom stereocenters. The predicted molar refractivity (Wildman–Crippen MR) is 83.5 cm³/mol. The highest BCUT2D eigenvalue weighted by atomic mass is 35.5. The fraction of sp³-hybridized carbons (Fsp3) is 0.0833. The van der Waals surface area contributed by atoms with Crippen LogP contribution in [0.15, 0.2) is 28.9 Å². The Morgan fingerprint density at radius 3 is 2.78 bits per heavy atom. The number of halogens is 1. The van der Waals surface area contributed by atoms with Crippen molar-refractivity contribution >= 4 is 46.1 Å². The van der Waals surface area contributed by atoms with Gasteiger partial charge in [0.1, 0.15) is 0 Å². The van der Waals surface area contributed by atoms with Crippen LogP contribution >= 0.6 is 11.6 Å². The van der Waals surface area contributed by atoms with Crippen molar-refractivity contribution in [3.8, 4) is 0 Å². The van der Waals surface area contributed by atoms with Gasteiger partial charge in [0.05, 0.1) is 6.54 Å². The molecule has 0 saturated heterocycles. The summed E-state index contributed by atoms with van der Waals surface area (Å²) in [5.41, 5.74) is 11.8. The number of nitrogens with two attached hydrogens (primary N) is 1. The first-order chi connectivity index (χ1) is 11.1. The molecular weight excluding hydrogens is 324 g/mol. The lowest BCUT2D eigenvalue weighted by atomic mass is 10.3. The van der Waals surface area contributed by atoms with Crippen molar-refractivity contribution in [1.29, 1.82) is 0 Å². The molecule has 3 rings (SSSR count). The molecule has 0 aliphatic rings. The molecule has 0 bridgehead atoms. The summed E-state index contributed by atoms with van der Waals surface area (Å²) in [6, 6.07) is 6.97. The van der Waals surface area contributed by atoms with Gasteiger partial charge < -0.3 is 11.1 Å². The summed E-state index contributed by atoms with van der Waals surface area (Å²) in [6.45, 7) is 0.0371. The van der Waals surface area contributed by atoms with Gasteiger partial charge in [0.15, 0.2) is 11.3 Å². The van der Waals surface area contributed by atoms with E-state index in [0.29, 0.717) is 5.02 Å². The molecule has 3 aromatic rings. The number of anilines is 3. The molecule has 0 radical (unpaired) electrons. The minimum atomic E-state index is -0.332. The van der Waals surface area contributed by atoms with Gasteiger partial charge in [-0.05, 0) is 34.6 Å². The molecule has 0 aliphatic heterocycles. The maximum Gasteiger partial charge on any atom is 0.257 e. The Kier molecular flexibility index (Phi) is 4.06. The zero-order valence-corrected chi connectivity index (χ0v) is 12.3. The van der Waals surface area contributed by atoms with E-state index < -0.39 is 0 Å². The SMILES string of the molecule is Nc1nc(NNC(=O)CNc2ccc(Cl)cc2)c2nonc2n1. The summed E-state index contributed by atoms with van der Waals surface area (Å²) >= 11 is 5.79. The molecule has 2 heterocycles. The Morgan fingerprint density at radius 2 is 2.00 bits per heavy atom. The van der Waals surface area contributed by atoms with Crippen molar-refractivity contribution in [2.75, 3.05) is 23.0 Å². The Balaban J connectivity index is 1.58. The largest absolute Gasteiger partial charge is 0.376 e. The second kappa shape index (κ2) is 6.32. The minimum Gasteiger partial charge on any atom is -0.376 e. The van der Waals surface area contributed by atoms with Gasteiger partial charge in [-0.1, -0.05) is 11.6 Å². The molecule has 0 unspecified atom stereocenters. The van der Waals surface area contributed by atoms with Crippen LogP contribution in [0.3, 0.4) is 0 Å². The number of hydrogen-bond donors (Lipinski definition) is 4. The highest BCUT2D eigenvalue weighted by Gasteiger charge is 2.12. The van der Waals surface area contributed by atoms with Crippen LogP contribution in [0.4, 0.5) is 17.5 Å². The molecule has 11 heteroatoms. The number of rotatable bonds is 5. The smallest absolute Gasteiger partial charge is 0.257 e. The third-order valence-electron chi connectivity index (χ3n) is 2.76. The number of amides is 1. The van der Waals surface area contributed by atoms with Gasteiger partial charge in [0.25, 0.3) is 5.91 Å². The van der Waals surface area contributed by atoms with E-state index in [9.17, 15) is 4.79 Å². The Bertz CT molecular complexity index is 835. The second-order valence-electron chi connectivity index (χ2n) is 4.40. The molecule has 0 fully saturated rings. The predicted octanol–water partition coefficient (Wildman–Crippen LogP) is 0.804. The third kappa shape index (κ3) is 3.55.